The third-order valence-electron chi connectivity index (χ3n) is 14.4. The van der Waals surface area contributed by atoms with Crippen LogP contribution in [0.2, 0.25) is 90.7 Å². The molecular weight excluding hydrogens is 793 g/mol. The van der Waals surface area contributed by atoms with Gasteiger partial charge in [0.05, 0.1) is 6.10 Å². The average Bonchev–Trinajstić information content (AvgIpc) is 2.95. The molecule has 0 unspecified atom stereocenters. The van der Waals surface area contributed by atoms with Gasteiger partial charge in [-0.15, -0.1) is 0 Å². The lowest BCUT2D eigenvalue weighted by Crippen LogP contribution is -2.47. The van der Waals surface area contributed by atoms with Crippen molar-refractivity contribution in [1.82, 2.24) is 0 Å². The molecule has 0 bridgehead atoms. The smallest absolute Gasteiger partial charge is 0.250 e. The number of hydrogen-bond donors (Lipinski definition) is 1. The number of fused-ring (bicyclic) bond motifs is 1. The maximum absolute atomic E-state index is 12.2. The molecule has 2 aromatic rings. The third kappa shape index (κ3) is 11.0. The zero-order valence-electron chi connectivity index (χ0n) is 41.1. The van der Waals surface area contributed by atoms with Crippen molar-refractivity contribution >= 4 is 41.6 Å². The van der Waals surface area contributed by atoms with Gasteiger partial charge in [-0.25, -0.2) is 0 Å². The van der Waals surface area contributed by atoms with E-state index in [0.29, 0.717) is 29.4 Å². The molecule has 0 aromatic heterocycles. The number of hydrogen-bond acceptors (Lipinski definition) is 7. The standard InChI is InChI=1S/C45H84O7Si5/c1-41(2,3)53(16,17)48-32-28-35-33(36(29-32)49-54(18,19)42(4,5)6)30-34(46)39(47-35)31-26-37(50-55(20,21)43(7,8)9)40(52-57(24,25)45(13,14)15)38(27-31)51-56(22,23)44(10,11)12/h26-29,34,39,46H,30H2,1-25H3/t34-,39-/m1/s1. The molecule has 0 spiro atoms. The Bertz CT molecular complexity index is 1700. The molecule has 7 nitrogen and oxygen atoms in total. The minimum Gasteiger partial charge on any atom is -0.543 e. The van der Waals surface area contributed by atoms with Crippen molar-refractivity contribution < 1.29 is 32.0 Å². The fraction of sp³-hybridized carbons (Fsp3) is 0.733. The van der Waals surface area contributed by atoms with Crippen LogP contribution < -0.4 is 26.9 Å². The molecule has 0 amide bonds. The second kappa shape index (κ2) is 15.6. The molecule has 0 saturated carbocycles. The Balaban J connectivity index is 2.40. The number of aliphatic hydroxyl groups is 1. The lowest BCUT2D eigenvalue weighted by Gasteiger charge is -2.42. The summed E-state index contributed by atoms with van der Waals surface area (Å²) < 4.78 is 42.7. The molecule has 57 heavy (non-hydrogen) atoms. The van der Waals surface area contributed by atoms with Gasteiger partial charge >= 0.3 is 0 Å². The third-order valence-corrected chi connectivity index (χ3v) is 36.1. The molecule has 2 aromatic carbocycles. The van der Waals surface area contributed by atoms with Crippen molar-refractivity contribution in [3.8, 4) is 34.5 Å². The van der Waals surface area contributed by atoms with Crippen molar-refractivity contribution in [2.24, 2.45) is 0 Å². The van der Waals surface area contributed by atoms with Crippen LogP contribution in [0.1, 0.15) is 121 Å². The minimum atomic E-state index is -2.39. The van der Waals surface area contributed by atoms with Crippen LogP contribution in [0.3, 0.4) is 0 Å². The van der Waals surface area contributed by atoms with Crippen LogP contribution in [-0.2, 0) is 6.42 Å². The van der Waals surface area contributed by atoms with Gasteiger partial charge in [-0.05, 0) is 103 Å². The summed E-state index contributed by atoms with van der Waals surface area (Å²) in [5.74, 6) is 4.15. The van der Waals surface area contributed by atoms with E-state index in [-0.39, 0.29) is 25.2 Å². The number of aliphatic hydroxyl groups excluding tert-OH is 1. The summed E-state index contributed by atoms with van der Waals surface area (Å²) in [6, 6.07) is 8.18. The number of benzene rings is 2. The van der Waals surface area contributed by atoms with Gasteiger partial charge in [0.15, 0.2) is 11.9 Å². The van der Waals surface area contributed by atoms with E-state index in [1.54, 1.807) is 0 Å². The molecule has 0 saturated heterocycles. The fourth-order valence-electron chi connectivity index (χ4n) is 5.03. The van der Waals surface area contributed by atoms with E-state index in [4.69, 9.17) is 26.9 Å². The maximum atomic E-state index is 12.2. The molecular formula is C45H84O7Si5. The predicted octanol–water partition coefficient (Wildman–Crippen LogP) is 14.6. The van der Waals surface area contributed by atoms with E-state index >= 15 is 0 Å². The first-order valence-electron chi connectivity index (χ1n) is 21.2. The predicted molar refractivity (Wildman–Crippen MR) is 255 cm³/mol. The largest absolute Gasteiger partial charge is 0.543 e. The monoisotopic (exact) mass is 877 g/mol. The summed E-state index contributed by atoms with van der Waals surface area (Å²) in [6.45, 7) is 56.4. The molecule has 3 rings (SSSR count). The van der Waals surface area contributed by atoms with E-state index in [0.717, 1.165) is 22.6 Å². The Morgan fingerprint density at radius 3 is 1.18 bits per heavy atom. The molecule has 1 heterocycles. The Hall–Kier alpha value is -1.72. The van der Waals surface area contributed by atoms with Gasteiger partial charge in [0.25, 0.3) is 25.0 Å². The first kappa shape index (κ1) is 49.6. The Labute approximate surface area is 355 Å². The van der Waals surface area contributed by atoms with E-state index < -0.39 is 53.8 Å². The first-order chi connectivity index (χ1) is 25.0. The quantitative estimate of drug-likeness (QED) is 0.225. The van der Waals surface area contributed by atoms with Gasteiger partial charge in [-0.1, -0.05) is 104 Å². The van der Waals surface area contributed by atoms with Crippen LogP contribution in [0.25, 0.3) is 0 Å². The van der Waals surface area contributed by atoms with Crippen molar-refractivity contribution in [3.05, 3.63) is 35.4 Å². The lowest BCUT2D eigenvalue weighted by atomic mass is 9.93. The van der Waals surface area contributed by atoms with Crippen molar-refractivity contribution in [1.29, 1.82) is 0 Å². The van der Waals surface area contributed by atoms with Crippen LogP contribution in [0.15, 0.2) is 24.3 Å². The fourth-order valence-corrected chi connectivity index (χ4v) is 10.1. The molecule has 0 radical (unpaired) electrons. The topological polar surface area (TPSA) is 75.6 Å². The van der Waals surface area contributed by atoms with Gasteiger partial charge in [-0.3, -0.25) is 0 Å². The Morgan fingerprint density at radius 1 is 0.474 bits per heavy atom. The van der Waals surface area contributed by atoms with Gasteiger partial charge in [0.1, 0.15) is 28.7 Å². The minimum absolute atomic E-state index is 0.00172. The molecule has 1 aliphatic heterocycles. The van der Waals surface area contributed by atoms with E-state index in [1.807, 2.05) is 12.1 Å². The first-order valence-corrected chi connectivity index (χ1v) is 35.7. The maximum Gasteiger partial charge on any atom is 0.250 e. The molecule has 326 valence electrons. The number of ether oxygens (including phenoxy) is 1. The highest BCUT2D eigenvalue weighted by atomic mass is 28.4. The highest BCUT2D eigenvalue weighted by Gasteiger charge is 2.47. The van der Waals surface area contributed by atoms with Gasteiger partial charge in [-0.2, -0.15) is 0 Å². The normalized spacial score (nSPS) is 18.1. The summed E-state index contributed by atoms with van der Waals surface area (Å²) in [7, 11) is -11.7. The summed E-state index contributed by atoms with van der Waals surface area (Å²) >= 11 is 0. The van der Waals surface area contributed by atoms with Crippen LogP contribution >= 0.6 is 0 Å². The van der Waals surface area contributed by atoms with E-state index in [9.17, 15) is 5.11 Å². The van der Waals surface area contributed by atoms with Crippen LogP contribution in [0.5, 0.6) is 34.5 Å². The SMILES string of the molecule is CC(C)(C)[Si](C)(C)Oc1cc2c(c(O[Si](C)(C)C(C)(C)C)c1)C[C@@H](O)[C@@H](c1cc(O[Si](C)(C)C(C)(C)C)c(O[Si](C)(C)C(C)(C)C)c(O[Si](C)(C)C(C)(C)C)c1)O2. The molecule has 1 aliphatic rings. The lowest BCUT2D eigenvalue weighted by molar-refractivity contribution is 0.0199. The zero-order valence-corrected chi connectivity index (χ0v) is 46.1. The summed E-state index contributed by atoms with van der Waals surface area (Å²) in [5.41, 5.74) is 1.67. The number of rotatable bonds is 11. The summed E-state index contributed by atoms with van der Waals surface area (Å²) in [6.07, 6.45) is -1.20. The zero-order chi connectivity index (χ0) is 44.6. The van der Waals surface area contributed by atoms with Crippen molar-refractivity contribution in [2.45, 2.75) is 213 Å². The average molecular weight is 878 g/mol. The molecule has 0 fully saturated rings. The molecule has 0 aliphatic carbocycles. The van der Waals surface area contributed by atoms with Crippen LogP contribution in [0, 0.1) is 0 Å². The van der Waals surface area contributed by atoms with Crippen molar-refractivity contribution in [2.75, 3.05) is 0 Å². The summed E-state index contributed by atoms with van der Waals surface area (Å²) in [4.78, 5) is 0. The molecule has 2 atom stereocenters. The summed E-state index contributed by atoms with van der Waals surface area (Å²) in [5, 5.41) is 12.0. The van der Waals surface area contributed by atoms with E-state index in [2.05, 4.69) is 181 Å². The highest BCUT2D eigenvalue weighted by Crippen LogP contribution is 2.53. The van der Waals surface area contributed by atoms with Gasteiger partial charge in [0.2, 0.25) is 16.6 Å². The van der Waals surface area contributed by atoms with Gasteiger partial charge in [0, 0.05) is 29.7 Å². The van der Waals surface area contributed by atoms with Crippen LogP contribution in [-0.4, -0.2) is 52.8 Å². The second-order valence-corrected chi connectivity index (χ2v) is 48.0. The second-order valence-electron chi connectivity index (χ2n) is 24.4. The molecule has 12 heteroatoms. The Kier molecular flexibility index (Phi) is 13.6. The molecule has 1 N–H and O–H groups in total. The Morgan fingerprint density at radius 2 is 0.807 bits per heavy atom. The van der Waals surface area contributed by atoms with Gasteiger partial charge < -0.3 is 32.0 Å². The van der Waals surface area contributed by atoms with E-state index in [1.165, 1.54) is 0 Å². The highest BCUT2D eigenvalue weighted by molar-refractivity contribution is 6.77. The van der Waals surface area contributed by atoms with Crippen molar-refractivity contribution in [3.63, 3.8) is 0 Å². The van der Waals surface area contributed by atoms with Crippen LogP contribution in [0.4, 0.5) is 0 Å².